The summed E-state index contributed by atoms with van der Waals surface area (Å²) in [5, 5.41) is 0. The van der Waals surface area contributed by atoms with E-state index in [4.69, 9.17) is 4.74 Å². The molecule has 0 N–H and O–H groups in total. The quantitative estimate of drug-likeness (QED) is 0.674. The van der Waals surface area contributed by atoms with Crippen LogP contribution in [0.25, 0.3) is 0 Å². The van der Waals surface area contributed by atoms with Crippen LogP contribution >= 0.6 is 0 Å². The molecule has 1 spiro atoms. The summed E-state index contributed by atoms with van der Waals surface area (Å²) in [6.07, 6.45) is 8.15. The molecule has 2 saturated heterocycles. The van der Waals surface area contributed by atoms with Crippen LogP contribution in [0.3, 0.4) is 0 Å². The highest BCUT2D eigenvalue weighted by Crippen LogP contribution is 2.44. The molecule has 0 aromatic carbocycles. The zero-order valence-electron chi connectivity index (χ0n) is 11.9. The Hall–Kier alpha value is -0.0800. The summed E-state index contributed by atoms with van der Waals surface area (Å²) in [6.45, 7) is 11.7. The van der Waals surface area contributed by atoms with E-state index >= 15 is 0 Å². The van der Waals surface area contributed by atoms with Gasteiger partial charge in [0.15, 0.2) is 0 Å². The van der Waals surface area contributed by atoms with Crippen molar-refractivity contribution in [3.05, 3.63) is 0 Å². The Morgan fingerprint density at radius 3 is 1.94 bits per heavy atom. The number of likely N-dealkylation sites (tertiary alicyclic amines) is 1. The molecule has 2 heterocycles. The minimum atomic E-state index is 0.465. The first kappa shape index (κ1) is 13.4. The molecule has 100 valence electrons. The van der Waals surface area contributed by atoms with Gasteiger partial charge in [-0.1, -0.05) is 39.5 Å². The topological polar surface area (TPSA) is 12.5 Å². The van der Waals surface area contributed by atoms with Crippen LogP contribution in [0.4, 0.5) is 0 Å². The average Bonchev–Trinajstić information content (AvgIpc) is 2.20. The van der Waals surface area contributed by atoms with Gasteiger partial charge in [0.25, 0.3) is 0 Å². The van der Waals surface area contributed by atoms with E-state index in [9.17, 15) is 0 Å². The lowest BCUT2D eigenvalue weighted by molar-refractivity contribution is -0.213. The third kappa shape index (κ3) is 2.68. The molecule has 0 radical (unpaired) electrons. The number of hydrogen-bond donors (Lipinski definition) is 0. The van der Waals surface area contributed by atoms with Crippen LogP contribution in [0.5, 0.6) is 0 Å². The molecular weight excluding hydrogens is 210 g/mol. The van der Waals surface area contributed by atoms with E-state index in [1.807, 2.05) is 0 Å². The van der Waals surface area contributed by atoms with Crippen molar-refractivity contribution in [2.75, 3.05) is 26.3 Å². The highest BCUT2D eigenvalue weighted by Gasteiger charge is 2.53. The van der Waals surface area contributed by atoms with Crippen molar-refractivity contribution in [2.45, 2.75) is 64.8 Å². The van der Waals surface area contributed by atoms with Crippen molar-refractivity contribution in [3.63, 3.8) is 0 Å². The molecule has 0 amide bonds. The fourth-order valence-corrected chi connectivity index (χ4v) is 3.27. The van der Waals surface area contributed by atoms with E-state index in [0.29, 0.717) is 11.0 Å². The predicted molar refractivity (Wildman–Crippen MR) is 72.3 cm³/mol. The van der Waals surface area contributed by atoms with Crippen molar-refractivity contribution >= 4 is 0 Å². The molecule has 2 aliphatic rings. The molecule has 0 saturated carbocycles. The summed E-state index contributed by atoms with van der Waals surface area (Å²) in [7, 11) is 0. The van der Waals surface area contributed by atoms with Crippen LogP contribution in [-0.2, 0) is 4.74 Å². The summed E-state index contributed by atoms with van der Waals surface area (Å²) in [5.74, 6) is 0. The van der Waals surface area contributed by atoms with Gasteiger partial charge in [0.05, 0.1) is 13.2 Å². The number of ether oxygens (including phenoxy) is 1. The van der Waals surface area contributed by atoms with Gasteiger partial charge in [-0.15, -0.1) is 0 Å². The van der Waals surface area contributed by atoms with E-state index in [0.717, 1.165) is 13.2 Å². The zero-order chi connectivity index (χ0) is 12.4. The lowest BCUT2D eigenvalue weighted by atomic mass is 9.73. The minimum absolute atomic E-state index is 0.465. The number of hydrogen-bond acceptors (Lipinski definition) is 2. The van der Waals surface area contributed by atoms with Crippen LogP contribution in [-0.4, -0.2) is 36.7 Å². The third-order valence-corrected chi connectivity index (χ3v) is 4.77. The highest BCUT2D eigenvalue weighted by molar-refractivity contribution is 5.05. The van der Waals surface area contributed by atoms with E-state index in [2.05, 4.69) is 25.7 Å². The first-order chi connectivity index (χ1) is 8.14. The van der Waals surface area contributed by atoms with Gasteiger partial charge in [-0.25, -0.2) is 0 Å². The second-order valence-corrected chi connectivity index (χ2v) is 6.55. The Morgan fingerprint density at radius 1 is 1.06 bits per heavy atom. The fraction of sp³-hybridized carbons (Fsp3) is 1.00. The molecule has 2 fully saturated rings. The van der Waals surface area contributed by atoms with Crippen LogP contribution in [0.15, 0.2) is 0 Å². The first-order valence-corrected chi connectivity index (χ1v) is 7.47. The SMILES string of the molecule is CCCCC(C)(CCCC)N1CC2(COC2)C1. The highest BCUT2D eigenvalue weighted by atomic mass is 16.5. The molecule has 0 bridgehead atoms. The first-order valence-electron chi connectivity index (χ1n) is 7.47. The Labute approximate surface area is 107 Å². The average molecular weight is 239 g/mol. The van der Waals surface area contributed by atoms with E-state index < -0.39 is 0 Å². The second-order valence-electron chi connectivity index (χ2n) is 6.55. The Bertz CT molecular complexity index is 231. The minimum Gasteiger partial charge on any atom is -0.380 e. The van der Waals surface area contributed by atoms with Crippen LogP contribution in [0.1, 0.15) is 59.3 Å². The maximum atomic E-state index is 5.38. The van der Waals surface area contributed by atoms with Crippen molar-refractivity contribution < 1.29 is 4.74 Å². The maximum Gasteiger partial charge on any atom is 0.0569 e. The van der Waals surface area contributed by atoms with Gasteiger partial charge in [-0.05, 0) is 19.8 Å². The smallest absolute Gasteiger partial charge is 0.0569 e. The molecule has 2 heteroatoms. The molecule has 2 nitrogen and oxygen atoms in total. The summed E-state index contributed by atoms with van der Waals surface area (Å²) in [4.78, 5) is 2.74. The fourth-order valence-electron chi connectivity index (χ4n) is 3.27. The van der Waals surface area contributed by atoms with Gasteiger partial charge in [0.2, 0.25) is 0 Å². The number of nitrogens with zero attached hydrogens (tertiary/aromatic N) is 1. The molecule has 0 aromatic heterocycles. The summed E-state index contributed by atoms with van der Waals surface area (Å²) in [6, 6.07) is 0. The third-order valence-electron chi connectivity index (χ3n) is 4.77. The van der Waals surface area contributed by atoms with Crippen molar-refractivity contribution in [3.8, 4) is 0 Å². The Kier molecular flexibility index (Phi) is 4.14. The maximum absolute atomic E-state index is 5.38. The molecule has 0 atom stereocenters. The Morgan fingerprint density at radius 2 is 1.59 bits per heavy atom. The molecule has 0 aliphatic carbocycles. The van der Waals surface area contributed by atoms with Gasteiger partial charge in [-0.3, -0.25) is 4.90 Å². The number of rotatable bonds is 7. The molecule has 2 rings (SSSR count). The van der Waals surface area contributed by atoms with E-state index in [-0.39, 0.29) is 0 Å². The largest absolute Gasteiger partial charge is 0.380 e. The Balaban J connectivity index is 1.86. The molecular formula is C15H29NO. The van der Waals surface area contributed by atoms with Crippen molar-refractivity contribution in [1.82, 2.24) is 4.90 Å². The van der Waals surface area contributed by atoms with Crippen LogP contribution in [0.2, 0.25) is 0 Å². The van der Waals surface area contributed by atoms with Crippen LogP contribution < -0.4 is 0 Å². The lowest BCUT2D eigenvalue weighted by Crippen LogP contribution is -2.71. The van der Waals surface area contributed by atoms with Gasteiger partial charge in [-0.2, -0.15) is 0 Å². The zero-order valence-corrected chi connectivity index (χ0v) is 11.9. The summed E-state index contributed by atoms with van der Waals surface area (Å²) < 4.78 is 5.38. The number of unbranched alkanes of at least 4 members (excludes halogenated alkanes) is 2. The second kappa shape index (κ2) is 5.27. The lowest BCUT2D eigenvalue weighted by Gasteiger charge is -2.61. The van der Waals surface area contributed by atoms with E-state index in [1.165, 1.54) is 51.6 Å². The van der Waals surface area contributed by atoms with Crippen molar-refractivity contribution in [1.29, 1.82) is 0 Å². The normalized spacial score (nSPS) is 23.5. The molecule has 0 aromatic rings. The van der Waals surface area contributed by atoms with Gasteiger partial charge in [0.1, 0.15) is 0 Å². The van der Waals surface area contributed by atoms with Crippen LogP contribution in [0, 0.1) is 5.41 Å². The predicted octanol–water partition coefficient (Wildman–Crippen LogP) is 3.46. The molecule has 0 unspecified atom stereocenters. The van der Waals surface area contributed by atoms with E-state index in [1.54, 1.807) is 0 Å². The van der Waals surface area contributed by atoms with Crippen molar-refractivity contribution in [2.24, 2.45) is 5.41 Å². The summed E-state index contributed by atoms with van der Waals surface area (Å²) in [5.41, 5.74) is 1.03. The molecule has 17 heavy (non-hydrogen) atoms. The van der Waals surface area contributed by atoms with Gasteiger partial charge < -0.3 is 4.74 Å². The monoisotopic (exact) mass is 239 g/mol. The van der Waals surface area contributed by atoms with Gasteiger partial charge >= 0.3 is 0 Å². The standard InChI is InChI=1S/C15H29NO/c1-4-6-8-14(3,9-7-5-2)16-10-15(11-16)12-17-13-15/h4-13H2,1-3H3. The van der Waals surface area contributed by atoms with Gasteiger partial charge in [0, 0.05) is 24.0 Å². The summed E-state index contributed by atoms with van der Waals surface area (Å²) >= 11 is 0. The molecule has 2 aliphatic heterocycles.